The summed E-state index contributed by atoms with van der Waals surface area (Å²) in [5.74, 6) is 0.995. The SMILES string of the molecule is CCCNC(COCCC)CC1CC1. The van der Waals surface area contributed by atoms with E-state index in [9.17, 15) is 0 Å². The Morgan fingerprint density at radius 1 is 1.29 bits per heavy atom. The first-order valence-corrected chi connectivity index (χ1v) is 6.18. The van der Waals surface area contributed by atoms with Crippen LogP contribution in [-0.2, 0) is 4.74 Å². The quantitative estimate of drug-likeness (QED) is 0.576. The van der Waals surface area contributed by atoms with Crippen LogP contribution in [0.5, 0.6) is 0 Å². The van der Waals surface area contributed by atoms with Gasteiger partial charge in [0.25, 0.3) is 0 Å². The molecule has 1 atom stereocenters. The van der Waals surface area contributed by atoms with Crippen molar-refractivity contribution in [3.8, 4) is 0 Å². The van der Waals surface area contributed by atoms with Crippen LogP contribution >= 0.6 is 0 Å². The molecule has 2 heteroatoms. The van der Waals surface area contributed by atoms with Crippen LogP contribution in [-0.4, -0.2) is 25.8 Å². The van der Waals surface area contributed by atoms with Gasteiger partial charge in [0.05, 0.1) is 6.61 Å². The zero-order chi connectivity index (χ0) is 10.2. The fraction of sp³-hybridized carbons (Fsp3) is 1.00. The summed E-state index contributed by atoms with van der Waals surface area (Å²) in [7, 11) is 0. The van der Waals surface area contributed by atoms with E-state index in [4.69, 9.17) is 4.74 Å². The summed E-state index contributed by atoms with van der Waals surface area (Å²) in [6.45, 7) is 7.33. The highest BCUT2D eigenvalue weighted by molar-refractivity contribution is 4.80. The molecule has 1 aliphatic carbocycles. The van der Waals surface area contributed by atoms with Gasteiger partial charge in [-0.05, 0) is 31.7 Å². The van der Waals surface area contributed by atoms with Gasteiger partial charge < -0.3 is 10.1 Å². The molecule has 14 heavy (non-hydrogen) atoms. The van der Waals surface area contributed by atoms with Crippen LogP contribution in [0.1, 0.15) is 46.0 Å². The summed E-state index contributed by atoms with van der Waals surface area (Å²) in [6.07, 6.45) is 6.55. The zero-order valence-electron chi connectivity index (χ0n) is 9.72. The van der Waals surface area contributed by atoms with E-state index in [0.717, 1.165) is 32.1 Å². The average Bonchev–Trinajstić information content (AvgIpc) is 2.98. The molecule has 0 saturated heterocycles. The fourth-order valence-corrected chi connectivity index (χ4v) is 1.68. The second kappa shape index (κ2) is 7.24. The number of rotatable bonds is 9. The van der Waals surface area contributed by atoms with Crippen LogP contribution in [0.25, 0.3) is 0 Å². The minimum absolute atomic E-state index is 0.606. The first-order chi connectivity index (χ1) is 6.86. The Labute approximate surface area is 88.4 Å². The van der Waals surface area contributed by atoms with Crippen LogP contribution in [0.3, 0.4) is 0 Å². The average molecular weight is 199 g/mol. The molecule has 1 aliphatic rings. The van der Waals surface area contributed by atoms with E-state index in [1.807, 2.05) is 0 Å². The third-order valence-electron chi connectivity index (χ3n) is 2.67. The molecule has 0 aromatic rings. The van der Waals surface area contributed by atoms with Crippen molar-refractivity contribution < 1.29 is 4.74 Å². The summed E-state index contributed by atoms with van der Waals surface area (Å²) < 4.78 is 5.61. The van der Waals surface area contributed by atoms with Gasteiger partial charge in [0.2, 0.25) is 0 Å². The minimum Gasteiger partial charge on any atom is -0.380 e. The summed E-state index contributed by atoms with van der Waals surface area (Å²) in [4.78, 5) is 0. The van der Waals surface area contributed by atoms with E-state index in [1.165, 1.54) is 25.7 Å². The minimum atomic E-state index is 0.606. The number of ether oxygens (including phenoxy) is 1. The number of hydrogen-bond donors (Lipinski definition) is 1. The third-order valence-corrected chi connectivity index (χ3v) is 2.67. The molecule has 2 nitrogen and oxygen atoms in total. The Bertz CT molecular complexity index is 134. The monoisotopic (exact) mass is 199 g/mol. The van der Waals surface area contributed by atoms with Gasteiger partial charge in [-0.2, -0.15) is 0 Å². The van der Waals surface area contributed by atoms with Crippen molar-refractivity contribution in [2.45, 2.75) is 52.0 Å². The zero-order valence-corrected chi connectivity index (χ0v) is 9.72. The van der Waals surface area contributed by atoms with Crippen molar-refractivity contribution in [1.82, 2.24) is 5.32 Å². The van der Waals surface area contributed by atoms with E-state index in [-0.39, 0.29) is 0 Å². The molecule has 1 rings (SSSR count). The lowest BCUT2D eigenvalue weighted by molar-refractivity contribution is 0.107. The molecule has 0 radical (unpaired) electrons. The Balaban J connectivity index is 2.06. The molecule has 0 spiro atoms. The molecule has 0 bridgehead atoms. The summed E-state index contributed by atoms with van der Waals surface area (Å²) in [6, 6.07) is 0.606. The van der Waals surface area contributed by atoms with Gasteiger partial charge in [0.15, 0.2) is 0 Å². The van der Waals surface area contributed by atoms with Gasteiger partial charge in [-0.25, -0.2) is 0 Å². The lowest BCUT2D eigenvalue weighted by Crippen LogP contribution is -2.34. The van der Waals surface area contributed by atoms with Crippen molar-refractivity contribution in [1.29, 1.82) is 0 Å². The van der Waals surface area contributed by atoms with Crippen LogP contribution in [0, 0.1) is 5.92 Å². The molecule has 1 saturated carbocycles. The first kappa shape index (κ1) is 12.0. The molecular formula is C12H25NO. The van der Waals surface area contributed by atoms with E-state index in [0.29, 0.717) is 6.04 Å². The highest BCUT2D eigenvalue weighted by atomic mass is 16.5. The van der Waals surface area contributed by atoms with E-state index < -0.39 is 0 Å². The van der Waals surface area contributed by atoms with Gasteiger partial charge in [-0.15, -0.1) is 0 Å². The highest BCUT2D eigenvalue weighted by Crippen LogP contribution is 2.33. The largest absolute Gasteiger partial charge is 0.380 e. The highest BCUT2D eigenvalue weighted by Gasteiger charge is 2.25. The molecule has 1 unspecified atom stereocenters. The fourth-order valence-electron chi connectivity index (χ4n) is 1.68. The molecule has 0 amide bonds. The summed E-state index contributed by atoms with van der Waals surface area (Å²) in [5, 5.41) is 3.57. The predicted molar refractivity (Wildman–Crippen MR) is 60.5 cm³/mol. The van der Waals surface area contributed by atoms with Gasteiger partial charge in [0.1, 0.15) is 0 Å². The van der Waals surface area contributed by atoms with Gasteiger partial charge in [-0.3, -0.25) is 0 Å². The Hall–Kier alpha value is -0.0800. The maximum Gasteiger partial charge on any atom is 0.0619 e. The smallest absolute Gasteiger partial charge is 0.0619 e. The maximum absolute atomic E-state index is 5.61. The van der Waals surface area contributed by atoms with Gasteiger partial charge >= 0.3 is 0 Å². The van der Waals surface area contributed by atoms with Crippen LogP contribution in [0.15, 0.2) is 0 Å². The Morgan fingerprint density at radius 3 is 2.64 bits per heavy atom. The predicted octanol–water partition coefficient (Wildman–Crippen LogP) is 2.58. The molecule has 0 aliphatic heterocycles. The Morgan fingerprint density at radius 2 is 2.07 bits per heavy atom. The lowest BCUT2D eigenvalue weighted by Gasteiger charge is -2.18. The molecule has 1 fully saturated rings. The number of nitrogens with one attached hydrogen (secondary N) is 1. The molecule has 0 aromatic heterocycles. The van der Waals surface area contributed by atoms with E-state index in [1.54, 1.807) is 0 Å². The molecule has 0 aromatic carbocycles. The Kier molecular flexibility index (Phi) is 6.20. The van der Waals surface area contributed by atoms with E-state index in [2.05, 4.69) is 19.2 Å². The van der Waals surface area contributed by atoms with Crippen LogP contribution < -0.4 is 5.32 Å². The third kappa shape index (κ3) is 5.61. The number of hydrogen-bond acceptors (Lipinski definition) is 2. The summed E-state index contributed by atoms with van der Waals surface area (Å²) >= 11 is 0. The van der Waals surface area contributed by atoms with Gasteiger partial charge in [-0.1, -0.05) is 26.7 Å². The van der Waals surface area contributed by atoms with Crippen molar-refractivity contribution in [3.63, 3.8) is 0 Å². The second-order valence-corrected chi connectivity index (χ2v) is 4.41. The molecule has 84 valence electrons. The van der Waals surface area contributed by atoms with Gasteiger partial charge in [0, 0.05) is 12.6 Å². The summed E-state index contributed by atoms with van der Waals surface area (Å²) in [5.41, 5.74) is 0. The van der Waals surface area contributed by atoms with Crippen molar-refractivity contribution in [2.75, 3.05) is 19.8 Å². The van der Waals surface area contributed by atoms with Crippen molar-refractivity contribution in [3.05, 3.63) is 0 Å². The standard InChI is InChI=1S/C12H25NO/c1-3-7-13-12(9-11-5-6-11)10-14-8-4-2/h11-13H,3-10H2,1-2H3. The van der Waals surface area contributed by atoms with Crippen molar-refractivity contribution in [2.24, 2.45) is 5.92 Å². The lowest BCUT2D eigenvalue weighted by atomic mass is 10.1. The maximum atomic E-state index is 5.61. The van der Waals surface area contributed by atoms with Crippen molar-refractivity contribution >= 4 is 0 Å². The van der Waals surface area contributed by atoms with Crippen LogP contribution in [0.2, 0.25) is 0 Å². The normalized spacial score (nSPS) is 18.4. The first-order valence-electron chi connectivity index (χ1n) is 6.18. The van der Waals surface area contributed by atoms with Crippen LogP contribution in [0.4, 0.5) is 0 Å². The molecule has 1 N–H and O–H groups in total. The second-order valence-electron chi connectivity index (χ2n) is 4.41. The topological polar surface area (TPSA) is 21.3 Å². The molecule has 0 heterocycles. The van der Waals surface area contributed by atoms with E-state index >= 15 is 0 Å². The molecular weight excluding hydrogens is 174 g/mol.